The summed E-state index contributed by atoms with van der Waals surface area (Å²) >= 11 is 0. The van der Waals surface area contributed by atoms with Crippen molar-refractivity contribution >= 4 is 11.8 Å². The van der Waals surface area contributed by atoms with E-state index in [9.17, 15) is 9.59 Å². The smallest absolute Gasteiger partial charge is 0.315 e. The number of ketones is 1. The maximum absolute atomic E-state index is 13.1. The number of Topliss-reactive ketones (excluding diaryl/α,β-unsaturated/α-hetero) is 1. The van der Waals surface area contributed by atoms with Crippen molar-refractivity contribution < 1.29 is 19.1 Å². The molecule has 1 aliphatic heterocycles. The number of esters is 1. The topological polar surface area (TPSA) is 64.6 Å². The first kappa shape index (κ1) is 19.2. The quantitative estimate of drug-likeness (QED) is 0.820. The zero-order valence-corrected chi connectivity index (χ0v) is 16.4. The minimum atomic E-state index is -0.680. The molecule has 2 unspecified atom stereocenters. The van der Waals surface area contributed by atoms with Crippen LogP contribution < -0.4 is 10.1 Å². The van der Waals surface area contributed by atoms with Crippen molar-refractivity contribution in [3.05, 3.63) is 53.4 Å². The van der Waals surface area contributed by atoms with Crippen LogP contribution >= 0.6 is 0 Å². The molecule has 0 saturated carbocycles. The fraction of sp³-hybridized carbons (Fsp3) is 0.455. The zero-order chi connectivity index (χ0) is 19.8. The predicted octanol–water partition coefficient (Wildman–Crippen LogP) is 3.72. The summed E-state index contributed by atoms with van der Waals surface area (Å²) in [6.45, 7) is 10.6. The highest BCUT2D eigenvalue weighted by Gasteiger charge is 2.47. The molecule has 0 radical (unpaired) electrons. The second kappa shape index (κ2) is 7.22. The van der Waals surface area contributed by atoms with Crippen LogP contribution in [0, 0.1) is 11.3 Å². The second-order valence-electron chi connectivity index (χ2n) is 7.93. The molecule has 5 nitrogen and oxygen atoms in total. The van der Waals surface area contributed by atoms with Gasteiger partial charge < -0.3 is 14.8 Å². The van der Waals surface area contributed by atoms with E-state index in [2.05, 4.69) is 25.7 Å². The number of carbonyl (C=O) groups is 2. The Morgan fingerprint density at radius 2 is 2.00 bits per heavy atom. The first-order valence-electron chi connectivity index (χ1n) is 9.30. The number of hydrogen-bond donors (Lipinski definition) is 1. The molecule has 5 heteroatoms. The molecule has 3 rings (SSSR count). The molecule has 2 atom stereocenters. The van der Waals surface area contributed by atoms with Crippen LogP contribution in [0.1, 0.15) is 45.1 Å². The summed E-state index contributed by atoms with van der Waals surface area (Å²) in [5.41, 5.74) is 2.76. The molecule has 1 aliphatic carbocycles. The van der Waals surface area contributed by atoms with E-state index in [0.29, 0.717) is 30.0 Å². The van der Waals surface area contributed by atoms with Crippen LogP contribution in [0.4, 0.5) is 0 Å². The molecule has 1 heterocycles. The first-order chi connectivity index (χ1) is 12.8. The number of methoxy groups -OCH3 is 1. The number of hydrogen-bond acceptors (Lipinski definition) is 5. The third kappa shape index (κ3) is 3.51. The fourth-order valence-electron chi connectivity index (χ4n) is 4.21. The lowest BCUT2D eigenvalue weighted by Crippen LogP contribution is -2.43. The van der Waals surface area contributed by atoms with Crippen LogP contribution in [0.3, 0.4) is 0 Å². The van der Waals surface area contributed by atoms with Gasteiger partial charge in [-0.2, -0.15) is 0 Å². The van der Waals surface area contributed by atoms with Crippen LogP contribution in [0.15, 0.2) is 47.8 Å². The Bertz CT molecular complexity index is 821. The van der Waals surface area contributed by atoms with Crippen molar-refractivity contribution in [2.24, 2.45) is 11.3 Å². The summed E-state index contributed by atoms with van der Waals surface area (Å²) in [6.07, 6.45) is 1.18. The lowest BCUT2D eigenvalue weighted by Gasteiger charge is -2.42. The maximum Gasteiger partial charge on any atom is 0.315 e. The highest BCUT2D eigenvalue weighted by Crippen LogP contribution is 2.49. The van der Waals surface area contributed by atoms with Crippen LogP contribution in [0.2, 0.25) is 0 Å². The molecule has 27 heavy (non-hydrogen) atoms. The lowest BCUT2D eigenvalue weighted by molar-refractivity contribution is -0.144. The Balaban J connectivity index is 2.22. The van der Waals surface area contributed by atoms with Gasteiger partial charge in [0.2, 0.25) is 0 Å². The molecular formula is C22H27NO4. The number of benzene rings is 1. The summed E-state index contributed by atoms with van der Waals surface area (Å²) < 4.78 is 10.9. The molecular weight excluding hydrogens is 342 g/mol. The monoisotopic (exact) mass is 369 g/mol. The van der Waals surface area contributed by atoms with E-state index >= 15 is 0 Å². The van der Waals surface area contributed by atoms with Crippen LogP contribution in [0.25, 0.3) is 0 Å². The average Bonchev–Trinajstić information content (AvgIpc) is 2.59. The standard InChI is InChI=1S/C22H27NO4/c1-6-27-17-10-8-7-9-14(17)19-18(21(25)26-5)13(2)23-15-11-22(3,4)12-16(24)20(15)19/h7-10,18-19,23H,2,6,11-12H2,1,3-5H3. The van der Waals surface area contributed by atoms with Gasteiger partial charge in [-0.05, 0) is 24.8 Å². The molecule has 2 aliphatic rings. The van der Waals surface area contributed by atoms with Gasteiger partial charge in [0.1, 0.15) is 11.7 Å². The molecule has 0 aromatic heterocycles. The Labute approximate surface area is 160 Å². The second-order valence-corrected chi connectivity index (χ2v) is 7.93. The number of ether oxygens (including phenoxy) is 2. The summed E-state index contributed by atoms with van der Waals surface area (Å²) in [7, 11) is 1.36. The van der Waals surface area contributed by atoms with Crippen molar-refractivity contribution in [2.45, 2.75) is 39.5 Å². The van der Waals surface area contributed by atoms with Gasteiger partial charge in [0.05, 0.1) is 13.7 Å². The van der Waals surface area contributed by atoms with Crippen molar-refractivity contribution in [3.8, 4) is 5.75 Å². The van der Waals surface area contributed by atoms with Gasteiger partial charge in [-0.1, -0.05) is 38.6 Å². The number of nitrogens with one attached hydrogen (secondary N) is 1. The lowest BCUT2D eigenvalue weighted by atomic mass is 9.66. The summed E-state index contributed by atoms with van der Waals surface area (Å²) in [5, 5.41) is 3.24. The summed E-state index contributed by atoms with van der Waals surface area (Å²) in [4.78, 5) is 25.8. The van der Waals surface area contributed by atoms with E-state index in [1.54, 1.807) is 0 Å². The van der Waals surface area contributed by atoms with Crippen molar-refractivity contribution in [1.82, 2.24) is 5.32 Å². The molecule has 1 aromatic rings. The van der Waals surface area contributed by atoms with Crippen molar-refractivity contribution in [1.29, 1.82) is 0 Å². The minimum Gasteiger partial charge on any atom is -0.494 e. The SMILES string of the molecule is C=C1NC2=C(C(=O)CC(C)(C)C2)C(c2ccccc2OCC)C1C(=O)OC. The molecule has 0 spiro atoms. The highest BCUT2D eigenvalue weighted by atomic mass is 16.5. The third-order valence-corrected chi connectivity index (χ3v) is 5.26. The van der Waals surface area contributed by atoms with Crippen molar-refractivity contribution in [2.75, 3.05) is 13.7 Å². The van der Waals surface area contributed by atoms with E-state index in [-0.39, 0.29) is 11.2 Å². The van der Waals surface area contributed by atoms with Crippen LogP contribution in [0.5, 0.6) is 5.75 Å². The van der Waals surface area contributed by atoms with E-state index in [0.717, 1.165) is 17.7 Å². The molecule has 144 valence electrons. The molecule has 1 aromatic carbocycles. The van der Waals surface area contributed by atoms with Gasteiger partial charge >= 0.3 is 5.97 Å². The molecule has 1 N–H and O–H groups in total. The van der Waals surface area contributed by atoms with Crippen molar-refractivity contribution in [3.63, 3.8) is 0 Å². The Kier molecular flexibility index (Phi) is 5.13. The van der Waals surface area contributed by atoms with Gasteiger partial charge in [-0.25, -0.2) is 0 Å². The number of carbonyl (C=O) groups excluding carboxylic acids is 2. The third-order valence-electron chi connectivity index (χ3n) is 5.26. The molecule has 0 amide bonds. The zero-order valence-electron chi connectivity index (χ0n) is 16.4. The van der Waals surface area contributed by atoms with Gasteiger partial charge in [-0.3, -0.25) is 9.59 Å². The molecule has 0 saturated heterocycles. The Hall–Kier alpha value is -2.56. The van der Waals surface area contributed by atoms with Crippen LogP contribution in [-0.4, -0.2) is 25.5 Å². The predicted molar refractivity (Wildman–Crippen MR) is 103 cm³/mol. The maximum atomic E-state index is 13.1. The minimum absolute atomic E-state index is 0.0615. The van der Waals surface area contributed by atoms with Crippen LogP contribution in [-0.2, 0) is 14.3 Å². The van der Waals surface area contributed by atoms with E-state index in [1.807, 2.05) is 31.2 Å². The number of rotatable bonds is 4. The summed E-state index contributed by atoms with van der Waals surface area (Å²) in [5.74, 6) is -0.814. The van der Waals surface area contributed by atoms with Gasteiger partial charge in [-0.15, -0.1) is 0 Å². The largest absolute Gasteiger partial charge is 0.494 e. The first-order valence-corrected chi connectivity index (χ1v) is 9.30. The van der Waals surface area contributed by atoms with Gasteiger partial charge in [0.15, 0.2) is 5.78 Å². The Morgan fingerprint density at radius 3 is 2.67 bits per heavy atom. The average molecular weight is 369 g/mol. The van der Waals surface area contributed by atoms with Gasteiger partial charge in [0.25, 0.3) is 0 Å². The molecule has 0 fully saturated rings. The van der Waals surface area contributed by atoms with Gasteiger partial charge in [0, 0.05) is 34.9 Å². The number of allylic oxidation sites excluding steroid dienone is 2. The van der Waals surface area contributed by atoms with E-state index in [1.165, 1.54) is 7.11 Å². The molecule has 0 bridgehead atoms. The number of para-hydroxylation sites is 1. The van der Waals surface area contributed by atoms with E-state index < -0.39 is 17.8 Å². The normalized spacial score (nSPS) is 24.1. The highest BCUT2D eigenvalue weighted by molar-refractivity contribution is 6.01. The fourth-order valence-corrected chi connectivity index (χ4v) is 4.21. The Morgan fingerprint density at radius 1 is 1.30 bits per heavy atom. The summed E-state index contributed by atoms with van der Waals surface area (Å²) in [6, 6.07) is 7.57. The van der Waals surface area contributed by atoms with E-state index in [4.69, 9.17) is 9.47 Å².